The maximum Gasteiger partial charge on any atom is 1.00 e. The fourth-order valence-corrected chi connectivity index (χ4v) is 3.04. The van der Waals surface area contributed by atoms with Crippen LogP contribution in [0.3, 0.4) is 0 Å². The Labute approximate surface area is 309 Å². The summed E-state index contributed by atoms with van der Waals surface area (Å²) in [6.07, 6.45) is 1.56. The quantitative estimate of drug-likeness (QED) is 0.0961. The van der Waals surface area contributed by atoms with Gasteiger partial charge in [-0.1, -0.05) is 56.1 Å². The van der Waals surface area contributed by atoms with Gasteiger partial charge in [0.2, 0.25) is 0 Å². The number of rotatable bonds is 7. The van der Waals surface area contributed by atoms with E-state index >= 15 is 0 Å². The van der Waals surface area contributed by atoms with Crippen molar-refractivity contribution in [2.45, 2.75) is 45.9 Å². The van der Waals surface area contributed by atoms with Crippen molar-refractivity contribution < 1.29 is 134 Å². The molecule has 0 aliphatic rings. The van der Waals surface area contributed by atoms with Crippen LogP contribution in [-0.4, -0.2) is 23.8 Å². The van der Waals surface area contributed by atoms with E-state index in [0.29, 0.717) is 12.3 Å². The van der Waals surface area contributed by atoms with E-state index in [4.69, 9.17) is 21.7 Å². The van der Waals surface area contributed by atoms with Crippen molar-refractivity contribution in [3.05, 3.63) is 68.6 Å². The molecule has 0 aliphatic carbocycles. The number of aryl methyl sites for hydroxylation is 1. The molecule has 34 heavy (non-hydrogen) atoms. The third-order valence-electron chi connectivity index (χ3n) is 3.24. The number of hydrogen-bond donors (Lipinski definition) is 0. The summed E-state index contributed by atoms with van der Waals surface area (Å²) in [6, 6.07) is 16.0. The number of ketones is 3. The maximum absolute atomic E-state index is 10.7. The van der Waals surface area contributed by atoms with E-state index in [9.17, 15) is 14.4 Å². The van der Waals surface area contributed by atoms with E-state index in [1.807, 2.05) is 48.5 Å². The number of halogens is 3. The molecule has 0 amide bonds. The molecule has 0 atom stereocenters. The Morgan fingerprint density at radius 2 is 1.32 bits per heavy atom. The van der Waals surface area contributed by atoms with Crippen molar-refractivity contribution in [2.75, 3.05) is 0 Å². The first-order valence-corrected chi connectivity index (χ1v) is 11.4. The van der Waals surface area contributed by atoms with Crippen LogP contribution in [0.4, 0.5) is 0 Å². The van der Waals surface area contributed by atoms with Crippen LogP contribution >= 0.6 is 43.5 Å². The van der Waals surface area contributed by atoms with Gasteiger partial charge in [0.05, 0.1) is 6.42 Å². The van der Waals surface area contributed by atoms with E-state index in [2.05, 4.69) is 36.7 Å². The zero-order chi connectivity index (χ0) is 24.9. The summed E-state index contributed by atoms with van der Waals surface area (Å²) in [5, 5.41) is 8.43. The van der Waals surface area contributed by atoms with Crippen LogP contribution < -0.4 is 108 Å². The Morgan fingerprint density at radius 1 is 0.912 bits per heavy atom. The van der Waals surface area contributed by atoms with Gasteiger partial charge in [-0.25, -0.2) is 0 Å². The van der Waals surface area contributed by atoms with Gasteiger partial charge >= 0.3 is 103 Å². The van der Waals surface area contributed by atoms with Crippen LogP contribution in [0.1, 0.15) is 46.2 Å². The van der Waals surface area contributed by atoms with E-state index in [0.717, 1.165) is 20.9 Å². The third kappa shape index (κ3) is 31.4. The van der Waals surface area contributed by atoms with Crippen molar-refractivity contribution in [1.82, 2.24) is 0 Å². The Kier molecular flexibility index (Phi) is 36.2. The van der Waals surface area contributed by atoms with Crippen LogP contribution in [0.15, 0.2) is 57.5 Å². The molecule has 0 bridgehead atoms. The zero-order valence-electron chi connectivity index (χ0n) is 21.1. The summed E-state index contributed by atoms with van der Waals surface area (Å²) in [5.74, 6) is 0.703. The Balaban J connectivity index is -0.000000118. The summed E-state index contributed by atoms with van der Waals surface area (Å²) in [4.78, 5) is 42.0. The molecule has 0 heterocycles. The van der Waals surface area contributed by atoms with Gasteiger partial charge in [0.1, 0.15) is 17.3 Å². The van der Waals surface area contributed by atoms with Crippen molar-refractivity contribution >= 4 is 67.3 Å². The Hall–Kier alpha value is 1.40. The molecule has 0 aliphatic heterocycles. The molecule has 6 nitrogen and oxygen atoms in total. The molecule has 0 N–H and O–H groups in total. The molecule has 0 unspecified atom stereocenters. The van der Waals surface area contributed by atoms with E-state index in [-0.39, 0.29) is 134 Å². The minimum atomic E-state index is -0.181. The maximum atomic E-state index is 10.7. The smallest absolute Gasteiger partial charge is 1.00 e. The van der Waals surface area contributed by atoms with Crippen molar-refractivity contribution in [1.29, 1.82) is 0 Å². The standard InChI is InChI=1S/C10H11BrO.C7H6BrCl.C5H8O2.CH2O3.2K.H/c1-8(12)5-6-9-3-2-4-10(11)7-9;8-7-3-1-2-6(4-7)5-9;1-4(6)3-5(2)7;2-1-4-3;;;/h2-4,7H,5-6H2,1H3;1-4H,5H2;3H2,1-2H3;1,3H;;;/q;;;;2*+1;-1/p-1. The zero-order valence-corrected chi connectivity index (χ0v) is 30.3. The van der Waals surface area contributed by atoms with Crippen molar-refractivity contribution in [3.63, 3.8) is 0 Å². The number of carbonyl (C=O) groups is 4. The minimum Gasteiger partial charge on any atom is -1.00 e. The first-order valence-electron chi connectivity index (χ1n) is 9.31. The molecule has 0 radical (unpaired) electrons. The van der Waals surface area contributed by atoms with Crippen LogP contribution in [0.25, 0.3) is 0 Å². The van der Waals surface area contributed by atoms with Gasteiger partial charge in [-0.3, -0.25) is 14.4 Å². The van der Waals surface area contributed by atoms with Crippen LogP contribution in [0, 0.1) is 0 Å². The molecule has 178 valence electrons. The minimum absolute atomic E-state index is 0. The van der Waals surface area contributed by atoms with E-state index in [1.54, 1.807) is 6.92 Å². The molecule has 2 aromatic rings. The van der Waals surface area contributed by atoms with E-state index < -0.39 is 0 Å². The monoisotopic (exact) mass is 670 g/mol. The molecule has 2 aromatic carbocycles. The predicted molar refractivity (Wildman–Crippen MR) is 131 cm³/mol. The molecule has 11 heteroatoms. The molecule has 0 aromatic heterocycles. The van der Waals surface area contributed by atoms with Crippen LogP contribution in [-0.2, 0) is 36.4 Å². The summed E-state index contributed by atoms with van der Waals surface area (Å²) < 4.78 is 2.16. The van der Waals surface area contributed by atoms with Gasteiger partial charge in [-0.05, 0) is 62.6 Å². The topological polar surface area (TPSA) is 101 Å². The average Bonchev–Trinajstić information content (AvgIpc) is 2.72. The normalized spacial score (nSPS) is 8.32. The number of carbonyl (C=O) groups excluding carboxylic acids is 4. The van der Waals surface area contributed by atoms with Gasteiger partial charge in [0, 0.05) is 21.2 Å². The molecule has 0 saturated carbocycles. The fraction of sp³-hybridized carbons (Fsp3) is 0.304. The average molecular weight is 673 g/mol. The number of Topliss-reactive ketones (excluding diaryl/α,β-unsaturated/α-hetero) is 3. The Morgan fingerprint density at radius 3 is 1.59 bits per heavy atom. The number of hydrogen-bond acceptors (Lipinski definition) is 6. The SMILES string of the molecule is CC(=O)CC(C)=O.CC(=O)CCc1cccc(Br)c1.ClCc1cccc(Br)c1.O=CO[O-].[H-].[K+].[K+]. The molecule has 0 fully saturated rings. The molecule has 0 spiro atoms. The summed E-state index contributed by atoms with van der Waals surface area (Å²) in [7, 11) is 0. The number of benzene rings is 2. The first-order chi connectivity index (χ1) is 15.0. The summed E-state index contributed by atoms with van der Waals surface area (Å²) in [5.41, 5.74) is 2.35. The number of alkyl halides is 1. The van der Waals surface area contributed by atoms with Gasteiger partial charge in [-0.15, -0.1) is 11.6 Å². The molecular weight excluding hydrogens is 646 g/mol. The largest absolute Gasteiger partial charge is 1.00 e. The predicted octanol–water partition coefficient (Wildman–Crippen LogP) is -0.732. The second-order valence-corrected chi connectivity index (χ2v) is 8.47. The van der Waals surface area contributed by atoms with E-state index in [1.165, 1.54) is 19.4 Å². The van der Waals surface area contributed by atoms with Gasteiger partial charge in [0.15, 0.2) is 0 Å². The second-order valence-electron chi connectivity index (χ2n) is 6.37. The summed E-state index contributed by atoms with van der Waals surface area (Å²) in [6.45, 7) is 4.25. The molecular formula is C23H27Br2ClK2O6. The fourth-order valence-electron chi connectivity index (χ4n) is 1.98. The van der Waals surface area contributed by atoms with Gasteiger partial charge < -0.3 is 16.4 Å². The second kappa shape index (κ2) is 29.0. The van der Waals surface area contributed by atoms with Gasteiger partial charge in [-0.2, -0.15) is 0 Å². The summed E-state index contributed by atoms with van der Waals surface area (Å²) >= 11 is 12.3. The van der Waals surface area contributed by atoms with Crippen LogP contribution in [0.2, 0.25) is 0 Å². The molecule has 0 saturated heterocycles. The first kappa shape index (κ1) is 42.5. The third-order valence-corrected chi connectivity index (χ3v) is 4.53. The van der Waals surface area contributed by atoms with Gasteiger partial charge in [0.25, 0.3) is 6.47 Å². The van der Waals surface area contributed by atoms with Crippen molar-refractivity contribution in [3.8, 4) is 0 Å². The van der Waals surface area contributed by atoms with Crippen LogP contribution in [0.5, 0.6) is 0 Å². The van der Waals surface area contributed by atoms with Crippen molar-refractivity contribution in [2.24, 2.45) is 0 Å². The molecule has 2 rings (SSSR count). The Bertz CT molecular complexity index is 848.